The number of hydrogen-bond donors (Lipinski definition) is 0. The van der Waals surface area contributed by atoms with E-state index in [1.54, 1.807) is 0 Å². The Morgan fingerprint density at radius 2 is 1.50 bits per heavy atom. The van der Waals surface area contributed by atoms with Crippen molar-refractivity contribution in [1.82, 2.24) is 0 Å². The van der Waals surface area contributed by atoms with Gasteiger partial charge in [-0.1, -0.05) is 48.5 Å². The molecule has 0 bridgehead atoms. The van der Waals surface area contributed by atoms with E-state index in [1.807, 2.05) is 43.3 Å². The quantitative estimate of drug-likeness (QED) is 0.741. The van der Waals surface area contributed by atoms with Gasteiger partial charge in [-0.3, -0.25) is 0 Å². The maximum absolute atomic E-state index is 5.98. The van der Waals surface area contributed by atoms with E-state index in [4.69, 9.17) is 8.85 Å². The van der Waals surface area contributed by atoms with Crippen LogP contribution in [-0.2, 0) is 10.5 Å². The fourth-order valence-corrected chi connectivity index (χ4v) is 3.54. The van der Waals surface area contributed by atoms with Gasteiger partial charge in [-0.15, -0.1) is 0 Å². The molecule has 0 spiro atoms. The van der Waals surface area contributed by atoms with Crippen LogP contribution in [0.3, 0.4) is 0 Å². The van der Waals surface area contributed by atoms with Crippen molar-refractivity contribution in [2.24, 2.45) is 0 Å². The minimum Gasteiger partial charge on any atom is -0.522 e. The van der Waals surface area contributed by atoms with E-state index in [0.717, 1.165) is 11.8 Å². The second-order valence-electron chi connectivity index (χ2n) is 4.01. The van der Waals surface area contributed by atoms with E-state index < -0.39 is 9.28 Å². The Balaban J connectivity index is 2.00. The topological polar surface area (TPSA) is 18.5 Å². The van der Waals surface area contributed by atoms with Gasteiger partial charge in [0.15, 0.2) is 0 Å². The standard InChI is InChI=1S/C15H18O2Si/c1-2-16-18(13-14-9-5-3-6-10-14)17-15-11-7-4-8-12-15/h3-12,18H,2,13H2,1H3. The van der Waals surface area contributed by atoms with Gasteiger partial charge in [0.25, 0.3) is 0 Å². The Bertz CT molecular complexity index is 403. The van der Waals surface area contributed by atoms with E-state index in [-0.39, 0.29) is 0 Å². The van der Waals surface area contributed by atoms with Gasteiger partial charge in [0, 0.05) is 12.7 Å². The first kappa shape index (κ1) is 12.9. The van der Waals surface area contributed by atoms with Gasteiger partial charge in [-0.05, 0) is 24.6 Å². The molecule has 0 amide bonds. The third-order valence-corrected chi connectivity index (χ3v) is 4.65. The summed E-state index contributed by atoms with van der Waals surface area (Å²) in [5.74, 6) is 0.901. The molecule has 18 heavy (non-hydrogen) atoms. The zero-order valence-corrected chi connectivity index (χ0v) is 11.7. The largest absolute Gasteiger partial charge is 0.522 e. The molecule has 0 radical (unpaired) electrons. The molecule has 0 aliphatic heterocycles. The van der Waals surface area contributed by atoms with Crippen LogP contribution in [0.5, 0.6) is 5.75 Å². The van der Waals surface area contributed by atoms with Crippen molar-refractivity contribution in [3.63, 3.8) is 0 Å². The predicted octanol–water partition coefficient (Wildman–Crippen LogP) is 3.10. The maximum Gasteiger partial charge on any atom is 0.386 e. The third kappa shape index (κ3) is 4.02. The van der Waals surface area contributed by atoms with E-state index in [0.29, 0.717) is 6.61 Å². The molecule has 2 aromatic rings. The van der Waals surface area contributed by atoms with Gasteiger partial charge in [0.2, 0.25) is 0 Å². The lowest BCUT2D eigenvalue weighted by Crippen LogP contribution is -2.29. The van der Waals surface area contributed by atoms with Crippen LogP contribution in [0.4, 0.5) is 0 Å². The lowest BCUT2D eigenvalue weighted by Gasteiger charge is -2.17. The zero-order valence-electron chi connectivity index (χ0n) is 10.6. The fraction of sp³-hybridized carbons (Fsp3) is 0.200. The van der Waals surface area contributed by atoms with Crippen molar-refractivity contribution in [2.75, 3.05) is 6.61 Å². The van der Waals surface area contributed by atoms with Crippen LogP contribution in [0.2, 0.25) is 0 Å². The first-order valence-corrected chi connectivity index (χ1v) is 8.01. The highest BCUT2D eigenvalue weighted by Crippen LogP contribution is 2.12. The van der Waals surface area contributed by atoms with Gasteiger partial charge in [0.1, 0.15) is 5.75 Å². The summed E-state index contributed by atoms with van der Waals surface area (Å²) in [6, 6.07) is 21.2. The number of benzene rings is 2. The van der Waals surface area contributed by atoms with Crippen LogP contribution in [0, 0.1) is 0 Å². The Hall–Kier alpha value is -1.58. The van der Waals surface area contributed by atoms with Crippen molar-refractivity contribution < 1.29 is 8.85 Å². The molecule has 2 nitrogen and oxygen atoms in total. The molecule has 0 saturated heterocycles. The van der Waals surface area contributed by atoms with E-state index in [1.165, 1.54) is 5.56 Å². The van der Waals surface area contributed by atoms with Gasteiger partial charge in [-0.2, -0.15) is 0 Å². The van der Waals surface area contributed by atoms with Crippen molar-refractivity contribution >= 4 is 9.28 Å². The second kappa shape index (κ2) is 6.99. The summed E-state index contributed by atoms with van der Waals surface area (Å²) in [5, 5.41) is 0. The number of rotatable bonds is 6. The molecular formula is C15H18O2Si. The molecule has 2 aromatic carbocycles. The summed E-state index contributed by atoms with van der Waals surface area (Å²) in [7, 11) is -1.69. The van der Waals surface area contributed by atoms with Crippen LogP contribution in [0.15, 0.2) is 60.7 Å². The number of hydrogen-bond acceptors (Lipinski definition) is 2. The molecule has 3 heteroatoms. The fourth-order valence-electron chi connectivity index (χ4n) is 1.78. The van der Waals surface area contributed by atoms with Crippen molar-refractivity contribution in [1.29, 1.82) is 0 Å². The first-order valence-electron chi connectivity index (χ1n) is 6.25. The molecule has 0 saturated carbocycles. The van der Waals surface area contributed by atoms with Gasteiger partial charge >= 0.3 is 9.28 Å². The normalized spacial score (nSPS) is 12.1. The Kier molecular flexibility index (Phi) is 4.99. The highest BCUT2D eigenvalue weighted by atomic mass is 28.3. The monoisotopic (exact) mass is 258 g/mol. The first-order chi connectivity index (χ1) is 8.88. The average Bonchev–Trinajstić information content (AvgIpc) is 2.41. The smallest absolute Gasteiger partial charge is 0.386 e. The molecule has 0 N–H and O–H groups in total. The predicted molar refractivity (Wildman–Crippen MR) is 76.0 cm³/mol. The summed E-state index contributed by atoms with van der Waals surface area (Å²) in [5.41, 5.74) is 1.28. The molecule has 0 aliphatic rings. The van der Waals surface area contributed by atoms with Crippen LogP contribution in [-0.4, -0.2) is 15.9 Å². The van der Waals surface area contributed by atoms with Crippen molar-refractivity contribution in [3.8, 4) is 5.75 Å². The molecule has 1 atom stereocenters. The SMILES string of the molecule is CCO[SiH](Cc1ccccc1)Oc1ccccc1. The summed E-state index contributed by atoms with van der Waals surface area (Å²) in [4.78, 5) is 0. The van der Waals surface area contributed by atoms with E-state index >= 15 is 0 Å². The van der Waals surface area contributed by atoms with Gasteiger partial charge in [0.05, 0.1) is 0 Å². The summed E-state index contributed by atoms with van der Waals surface area (Å²) in [6.07, 6.45) is 0. The summed E-state index contributed by atoms with van der Waals surface area (Å²) < 4.78 is 11.7. The van der Waals surface area contributed by atoms with Crippen LogP contribution in [0.25, 0.3) is 0 Å². The highest BCUT2D eigenvalue weighted by Gasteiger charge is 2.15. The van der Waals surface area contributed by atoms with Crippen LogP contribution >= 0.6 is 0 Å². The van der Waals surface area contributed by atoms with Crippen molar-refractivity contribution in [3.05, 3.63) is 66.2 Å². The Labute approximate surface area is 110 Å². The molecule has 0 aromatic heterocycles. The Morgan fingerprint density at radius 1 is 0.889 bits per heavy atom. The molecule has 0 fully saturated rings. The highest BCUT2D eigenvalue weighted by molar-refractivity contribution is 6.44. The third-order valence-electron chi connectivity index (χ3n) is 2.61. The molecule has 0 aliphatic carbocycles. The minimum atomic E-state index is -1.69. The Morgan fingerprint density at radius 3 is 2.11 bits per heavy atom. The summed E-state index contributed by atoms with van der Waals surface area (Å²) in [6.45, 7) is 2.72. The minimum absolute atomic E-state index is 0.705. The second-order valence-corrected chi connectivity index (χ2v) is 5.84. The van der Waals surface area contributed by atoms with Crippen LogP contribution < -0.4 is 4.43 Å². The molecule has 2 rings (SSSR count). The zero-order chi connectivity index (χ0) is 12.6. The average molecular weight is 258 g/mol. The molecule has 94 valence electrons. The van der Waals surface area contributed by atoms with Crippen molar-refractivity contribution in [2.45, 2.75) is 13.0 Å². The van der Waals surface area contributed by atoms with E-state index in [9.17, 15) is 0 Å². The van der Waals surface area contributed by atoms with Crippen LogP contribution in [0.1, 0.15) is 12.5 Å². The number of para-hydroxylation sites is 1. The molecule has 0 heterocycles. The molecular weight excluding hydrogens is 240 g/mol. The lowest BCUT2D eigenvalue weighted by molar-refractivity contribution is 0.280. The maximum atomic E-state index is 5.98. The molecule has 1 unspecified atom stereocenters. The van der Waals surface area contributed by atoms with Gasteiger partial charge in [-0.25, -0.2) is 0 Å². The van der Waals surface area contributed by atoms with E-state index in [2.05, 4.69) is 24.3 Å². The van der Waals surface area contributed by atoms with Gasteiger partial charge < -0.3 is 8.85 Å². The summed E-state index contributed by atoms with van der Waals surface area (Å²) >= 11 is 0. The lowest BCUT2D eigenvalue weighted by atomic mass is 10.2.